The van der Waals surface area contributed by atoms with Crippen LogP contribution >= 0.6 is 0 Å². The summed E-state index contributed by atoms with van der Waals surface area (Å²) in [7, 11) is 1.47. The summed E-state index contributed by atoms with van der Waals surface area (Å²) < 4.78 is 19.4. The fourth-order valence-electron chi connectivity index (χ4n) is 3.84. The molecule has 5 heteroatoms. The van der Waals surface area contributed by atoms with Crippen LogP contribution in [0.15, 0.2) is 24.4 Å². The van der Waals surface area contributed by atoms with Crippen LogP contribution in [0.1, 0.15) is 44.0 Å². The molecule has 2 aromatic heterocycles. The molecule has 4 nitrogen and oxygen atoms in total. The third-order valence-electron chi connectivity index (χ3n) is 5.63. The van der Waals surface area contributed by atoms with Crippen molar-refractivity contribution in [1.82, 2.24) is 15.0 Å². The van der Waals surface area contributed by atoms with E-state index in [0.29, 0.717) is 11.6 Å². The van der Waals surface area contributed by atoms with Gasteiger partial charge in [-0.3, -0.25) is 4.98 Å². The monoisotopic (exact) mass is 367 g/mol. The summed E-state index contributed by atoms with van der Waals surface area (Å²) >= 11 is 0. The highest BCUT2D eigenvalue weighted by atomic mass is 19.1. The summed E-state index contributed by atoms with van der Waals surface area (Å²) in [4.78, 5) is 12.8. The maximum Gasteiger partial charge on any atom is 0.165 e. The number of hydrogen-bond acceptors (Lipinski definition) is 3. The second-order valence-corrected chi connectivity index (χ2v) is 7.70. The van der Waals surface area contributed by atoms with Crippen LogP contribution < -0.4 is 4.74 Å². The van der Waals surface area contributed by atoms with E-state index < -0.39 is 0 Å². The molecule has 0 radical (unpaired) electrons. The summed E-state index contributed by atoms with van der Waals surface area (Å²) in [6.45, 7) is 4.19. The molecule has 3 aromatic rings. The van der Waals surface area contributed by atoms with Crippen molar-refractivity contribution in [3.8, 4) is 17.0 Å². The van der Waals surface area contributed by atoms with Crippen molar-refractivity contribution in [1.29, 1.82) is 0 Å². The lowest BCUT2D eigenvalue weighted by molar-refractivity contribution is 0.386. The van der Waals surface area contributed by atoms with E-state index in [2.05, 4.69) is 16.9 Å². The van der Waals surface area contributed by atoms with E-state index >= 15 is 0 Å². The van der Waals surface area contributed by atoms with Crippen molar-refractivity contribution in [2.45, 2.75) is 46.0 Å². The number of H-pyrrole nitrogens is 1. The number of rotatable bonds is 7. The number of aromatic nitrogens is 3. The Morgan fingerprint density at radius 2 is 2.15 bits per heavy atom. The number of nitrogens with one attached hydrogen (secondary N) is 1. The van der Waals surface area contributed by atoms with Gasteiger partial charge in [-0.2, -0.15) is 0 Å². The second kappa shape index (κ2) is 7.29. The summed E-state index contributed by atoms with van der Waals surface area (Å²) in [5.41, 5.74) is 4.14. The van der Waals surface area contributed by atoms with Gasteiger partial charge in [-0.15, -0.1) is 0 Å². The highest BCUT2D eigenvalue weighted by Crippen LogP contribution is 2.37. The molecule has 0 spiro atoms. The Balaban J connectivity index is 1.70. The van der Waals surface area contributed by atoms with E-state index in [-0.39, 0.29) is 11.6 Å². The number of hydrogen-bond donors (Lipinski definition) is 1. The number of ether oxygens (including phenoxy) is 1. The lowest BCUT2D eigenvalue weighted by Gasteiger charge is -2.12. The number of benzene rings is 1. The van der Waals surface area contributed by atoms with Gasteiger partial charge in [0.2, 0.25) is 0 Å². The van der Waals surface area contributed by atoms with Crippen LogP contribution in [0.3, 0.4) is 0 Å². The number of aryl methyl sites for hydroxylation is 1. The van der Waals surface area contributed by atoms with Gasteiger partial charge in [0.05, 0.1) is 18.3 Å². The molecule has 1 N–H and O–H groups in total. The predicted octanol–water partition coefficient (Wildman–Crippen LogP) is 5.45. The SMILES string of the molecule is CCC(Cc1nc2c(-c3cc(F)c(OC)cc3C)nccc2[nH]1)CC1CC1. The first-order chi connectivity index (χ1) is 13.1. The number of methoxy groups -OCH3 is 1. The number of fused-ring (bicyclic) bond motifs is 1. The van der Waals surface area contributed by atoms with Crippen LogP contribution in [0.5, 0.6) is 5.75 Å². The molecule has 0 saturated heterocycles. The molecule has 1 aliphatic rings. The van der Waals surface area contributed by atoms with E-state index in [1.54, 1.807) is 12.3 Å². The first kappa shape index (κ1) is 18.0. The van der Waals surface area contributed by atoms with Gasteiger partial charge in [-0.1, -0.05) is 26.2 Å². The van der Waals surface area contributed by atoms with Gasteiger partial charge < -0.3 is 9.72 Å². The molecular formula is C22H26FN3O. The topological polar surface area (TPSA) is 50.8 Å². The Morgan fingerprint density at radius 3 is 2.85 bits per heavy atom. The fraction of sp³-hybridized carbons (Fsp3) is 0.455. The molecular weight excluding hydrogens is 341 g/mol. The molecule has 0 bridgehead atoms. The second-order valence-electron chi connectivity index (χ2n) is 7.70. The zero-order chi connectivity index (χ0) is 19.0. The molecule has 2 heterocycles. The lowest BCUT2D eigenvalue weighted by atomic mass is 9.95. The molecule has 1 unspecified atom stereocenters. The van der Waals surface area contributed by atoms with Gasteiger partial charge in [0.25, 0.3) is 0 Å². The van der Waals surface area contributed by atoms with Crippen LogP contribution in [-0.4, -0.2) is 22.1 Å². The Kier molecular flexibility index (Phi) is 4.85. The quantitative estimate of drug-likeness (QED) is 0.604. The number of halogens is 1. The lowest BCUT2D eigenvalue weighted by Crippen LogP contribution is -2.05. The molecule has 142 valence electrons. The maximum absolute atomic E-state index is 14.3. The van der Waals surface area contributed by atoms with E-state index in [9.17, 15) is 4.39 Å². The molecule has 0 aliphatic heterocycles. The zero-order valence-corrected chi connectivity index (χ0v) is 16.2. The van der Waals surface area contributed by atoms with Crippen LogP contribution in [0.2, 0.25) is 0 Å². The van der Waals surface area contributed by atoms with Crippen LogP contribution in [0, 0.1) is 24.6 Å². The summed E-state index contributed by atoms with van der Waals surface area (Å²) in [6.07, 6.45) is 7.93. The largest absolute Gasteiger partial charge is 0.494 e. The van der Waals surface area contributed by atoms with Gasteiger partial charge in [-0.25, -0.2) is 9.37 Å². The summed E-state index contributed by atoms with van der Waals surface area (Å²) in [6, 6.07) is 5.14. The molecule has 1 aliphatic carbocycles. The third-order valence-corrected chi connectivity index (χ3v) is 5.63. The minimum Gasteiger partial charge on any atom is -0.494 e. The average Bonchev–Trinajstić information content (AvgIpc) is 3.38. The number of pyridine rings is 1. The number of imidazole rings is 1. The molecule has 27 heavy (non-hydrogen) atoms. The van der Waals surface area contributed by atoms with Crippen molar-refractivity contribution < 1.29 is 9.13 Å². The van der Waals surface area contributed by atoms with E-state index in [0.717, 1.165) is 40.3 Å². The minimum absolute atomic E-state index is 0.247. The van der Waals surface area contributed by atoms with Gasteiger partial charge in [0, 0.05) is 18.2 Å². The fourth-order valence-corrected chi connectivity index (χ4v) is 3.84. The molecule has 1 fully saturated rings. The van der Waals surface area contributed by atoms with E-state index in [1.807, 2.05) is 13.0 Å². The van der Waals surface area contributed by atoms with Gasteiger partial charge >= 0.3 is 0 Å². The molecule has 1 atom stereocenters. The van der Waals surface area contributed by atoms with Crippen LogP contribution in [0.25, 0.3) is 22.3 Å². The average molecular weight is 367 g/mol. The van der Waals surface area contributed by atoms with E-state index in [4.69, 9.17) is 9.72 Å². The van der Waals surface area contributed by atoms with Gasteiger partial charge in [0.15, 0.2) is 11.6 Å². The number of aromatic amines is 1. The van der Waals surface area contributed by atoms with Crippen LogP contribution in [0.4, 0.5) is 4.39 Å². The summed E-state index contributed by atoms with van der Waals surface area (Å²) in [5, 5.41) is 0. The first-order valence-electron chi connectivity index (χ1n) is 9.77. The Morgan fingerprint density at radius 1 is 1.33 bits per heavy atom. The molecule has 4 rings (SSSR count). The Hall–Kier alpha value is -2.43. The zero-order valence-electron chi connectivity index (χ0n) is 16.2. The van der Waals surface area contributed by atoms with Crippen molar-refractivity contribution in [3.05, 3.63) is 41.6 Å². The third kappa shape index (κ3) is 3.68. The van der Waals surface area contributed by atoms with E-state index in [1.165, 1.54) is 38.9 Å². The maximum atomic E-state index is 14.3. The van der Waals surface area contributed by atoms with Crippen molar-refractivity contribution in [3.63, 3.8) is 0 Å². The highest BCUT2D eigenvalue weighted by Gasteiger charge is 2.25. The van der Waals surface area contributed by atoms with Crippen molar-refractivity contribution in [2.75, 3.05) is 7.11 Å². The number of nitrogens with zero attached hydrogens (tertiary/aromatic N) is 2. The van der Waals surface area contributed by atoms with Gasteiger partial charge in [0.1, 0.15) is 11.3 Å². The molecule has 1 saturated carbocycles. The Bertz CT molecular complexity index is 962. The highest BCUT2D eigenvalue weighted by molar-refractivity contribution is 5.90. The van der Waals surface area contributed by atoms with Crippen LogP contribution in [-0.2, 0) is 6.42 Å². The van der Waals surface area contributed by atoms with Crippen molar-refractivity contribution in [2.24, 2.45) is 11.8 Å². The minimum atomic E-state index is -0.386. The smallest absolute Gasteiger partial charge is 0.165 e. The molecule has 0 amide bonds. The molecule has 1 aromatic carbocycles. The van der Waals surface area contributed by atoms with Crippen molar-refractivity contribution >= 4 is 11.0 Å². The normalized spacial score (nSPS) is 15.3. The Labute approximate surface area is 159 Å². The standard InChI is InChI=1S/C22H26FN3O/c1-4-14(10-15-5-6-15)11-20-25-18-7-8-24-21(22(18)26-20)16-12-17(23)19(27-3)9-13(16)2/h7-9,12,14-15H,4-6,10-11H2,1-3H3,(H,25,26). The predicted molar refractivity (Wildman–Crippen MR) is 105 cm³/mol. The first-order valence-corrected chi connectivity index (χ1v) is 9.77. The van der Waals surface area contributed by atoms with Gasteiger partial charge in [-0.05, 0) is 48.9 Å². The summed E-state index contributed by atoms with van der Waals surface area (Å²) in [5.74, 6) is 2.44.